The van der Waals surface area contributed by atoms with Gasteiger partial charge >= 0.3 is 0 Å². The Bertz CT molecular complexity index is 485. The zero-order valence-corrected chi connectivity index (χ0v) is 10.8. The summed E-state index contributed by atoms with van der Waals surface area (Å²) >= 11 is 0. The number of nitrogens with one attached hydrogen (secondary N) is 1. The maximum Gasteiger partial charge on any atom is 0.0456 e. The van der Waals surface area contributed by atoms with Crippen LogP contribution in [0.4, 0.5) is 0 Å². The Morgan fingerprint density at radius 1 is 1.35 bits per heavy atom. The molecular weight excluding hydrogens is 208 g/mol. The molecule has 0 spiro atoms. The lowest BCUT2D eigenvalue weighted by Gasteiger charge is -2.10. The lowest BCUT2D eigenvalue weighted by molar-refractivity contribution is 0.665. The number of hydrogen-bond donors (Lipinski definition) is 2. The molecule has 17 heavy (non-hydrogen) atoms. The first-order valence-corrected chi connectivity index (χ1v) is 6.56. The van der Waals surface area contributed by atoms with E-state index in [-0.39, 0.29) is 0 Å². The van der Waals surface area contributed by atoms with Crippen molar-refractivity contribution < 1.29 is 0 Å². The van der Waals surface area contributed by atoms with Crippen LogP contribution in [0.5, 0.6) is 0 Å². The summed E-state index contributed by atoms with van der Waals surface area (Å²) in [7, 11) is 0. The maximum absolute atomic E-state index is 5.64. The zero-order valence-electron chi connectivity index (χ0n) is 10.8. The van der Waals surface area contributed by atoms with Crippen molar-refractivity contribution in [1.82, 2.24) is 4.98 Å². The van der Waals surface area contributed by atoms with Crippen molar-refractivity contribution in [3.8, 4) is 0 Å². The number of nitrogens with two attached hydrogens (primary N) is 1. The number of benzene rings is 1. The smallest absolute Gasteiger partial charge is 0.0456 e. The summed E-state index contributed by atoms with van der Waals surface area (Å²) in [6, 6.07) is 6.76. The lowest BCUT2D eigenvalue weighted by Crippen LogP contribution is -2.02. The van der Waals surface area contributed by atoms with Gasteiger partial charge in [0.2, 0.25) is 0 Å². The fraction of sp³-hybridized carbons (Fsp3) is 0.467. The van der Waals surface area contributed by atoms with Gasteiger partial charge in [0.25, 0.3) is 0 Å². The number of fused-ring (bicyclic) bond motifs is 1. The molecule has 0 saturated carbocycles. The molecule has 3 N–H and O–H groups in total. The van der Waals surface area contributed by atoms with Crippen molar-refractivity contribution in [3.63, 3.8) is 0 Å². The van der Waals surface area contributed by atoms with E-state index in [1.807, 2.05) is 0 Å². The number of aromatic amines is 1. The molecule has 1 heterocycles. The highest BCUT2D eigenvalue weighted by Crippen LogP contribution is 2.26. The molecule has 0 aliphatic carbocycles. The number of aromatic nitrogens is 1. The quantitative estimate of drug-likeness (QED) is 0.810. The second kappa shape index (κ2) is 5.37. The van der Waals surface area contributed by atoms with E-state index in [1.54, 1.807) is 0 Å². The van der Waals surface area contributed by atoms with Crippen LogP contribution in [0.1, 0.15) is 43.7 Å². The van der Waals surface area contributed by atoms with Crippen LogP contribution < -0.4 is 5.73 Å². The van der Waals surface area contributed by atoms with E-state index in [2.05, 4.69) is 43.2 Å². The van der Waals surface area contributed by atoms with Crippen LogP contribution in [0.3, 0.4) is 0 Å². The topological polar surface area (TPSA) is 41.8 Å². The molecular formula is C15H22N2. The van der Waals surface area contributed by atoms with Crippen molar-refractivity contribution in [1.29, 1.82) is 0 Å². The molecule has 1 atom stereocenters. The standard InChI is InChI=1S/C15H22N2/c1-3-4-11(2)12-5-6-15-14(9-12)13(7-8-16)10-17-15/h5-6,9-11,17H,3-4,7-8,16H2,1-2H3. The van der Waals surface area contributed by atoms with Crippen molar-refractivity contribution in [2.45, 2.75) is 39.0 Å². The van der Waals surface area contributed by atoms with E-state index >= 15 is 0 Å². The Kier molecular flexibility index (Phi) is 3.85. The molecule has 2 aromatic rings. The summed E-state index contributed by atoms with van der Waals surface area (Å²) in [4.78, 5) is 3.32. The lowest BCUT2D eigenvalue weighted by atomic mass is 9.95. The van der Waals surface area contributed by atoms with Gasteiger partial charge in [-0.3, -0.25) is 0 Å². The molecule has 0 amide bonds. The molecule has 0 fully saturated rings. The summed E-state index contributed by atoms with van der Waals surface area (Å²) in [5, 5.41) is 1.34. The van der Waals surface area contributed by atoms with Crippen molar-refractivity contribution in [2.75, 3.05) is 6.54 Å². The van der Waals surface area contributed by atoms with E-state index < -0.39 is 0 Å². The molecule has 1 aromatic heterocycles. The maximum atomic E-state index is 5.64. The molecule has 1 unspecified atom stereocenters. The van der Waals surface area contributed by atoms with Crippen LogP contribution >= 0.6 is 0 Å². The summed E-state index contributed by atoms with van der Waals surface area (Å²) in [6.07, 6.45) is 5.53. The molecule has 2 rings (SSSR count). The second-order valence-electron chi connectivity index (χ2n) is 4.85. The second-order valence-corrected chi connectivity index (χ2v) is 4.85. The third-order valence-electron chi connectivity index (χ3n) is 3.50. The largest absolute Gasteiger partial charge is 0.361 e. The number of H-pyrrole nitrogens is 1. The molecule has 2 nitrogen and oxygen atoms in total. The van der Waals surface area contributed by atoms with E-state index in [9.17, 15) is 0 Å². The summed E-state index contributed by atoms with van der Waals surface area (Å²) in [6.45, 7) is 5.26. The third-order valence-corrected chi connectivity index (χ3v) is 3.50. The average molecular weight is 230 g/mol. The van der Waals surface area contributed by atoms with Crippen molar-refractivity contribution in [2.24, 2.45) is 5.73 Å². The fourth-order valence-electron chi connectivity index (χ4n) is 2.46. The third kappa shape index (κ3) is 2.52. The SMILES string of the molecule is CCCC(C)c1ccc2[nH]cc(CCN)c2c1. The Hall–Kier alpha value is -1.28. The number of hydrogen-bond acceptors (Lipinski definition) is 1. The van der Waals surface area contributed by atoms with Crippen LogP contribution in [-0.2, 0) is 6.42 Å². The monoisotopic (exact) mass is 230 g/mol. The molecule has 0 bridgehead atoms. The van der Waals surface area contributed by atoms with Crippen molar-refractivity contribution >= 4 is 10.9 Å². The summed E-state index contributed by atoms with van der Waals surface area (Å²) in [5.74, 6) is 0.644. The first-order valence-electron chi connectivity index (χ1n) is 6.56. The van der Waals surface area contributed by atoms with Gasteiger partial charge in [0.05, 0.1) is 0 Å². The van der Waals surface area contributed by atoms with Crippen LogP contribution in [0.15, 0.2) is 24.4 Å². The minimum Gasteiger partial charge on any atom is -0.361 e. The molecule has 2 heteroatoms. The molecule has 92 valence electrons. The van der Waals surface area contributed by atoms with Crippen LogP contribution in [0, 0.1) is 0 Å². The van der Waals surface area contributed by atoms with E-state index in [0.29, 0.717) is 12.5 Å². The van der Waals surface area contributed by atoms with Gasteiger partial charge in [-0.15, -0.1) is 0 Å². The summed E-state index contributed by atoms with van der Waals surface area (Å²) < 4.78 is 0. The predicted molar refractivity (Wildman–Crippen MR) is 74.4 cm³/mol. The van der Waals surface area contributed by atoms with E-state index in [4.69, 9.17) is 5.73 Å². The minimum atomic E-state index is 0.644. The highest BCUT2D eigenvalue weighted by molar-refractivity contribution is 5.84. The number of rotatable bonds is 5. The van der Waals surface area contributed by atoms with Gasteiger partial charge in [-0.2, -0.15) is 0 Å². The Morgan fingerprint density at radius 3 is 2.88 bits per heavy atom. The highest BCUT2D eigenvalue weighted by Gasteiger charge is 2.08. The van der Waals surface area contributed by atoms with E-state index in [1.165, 1.54) is 34.9 Å². The highest BCUT2D eigenvalue weighted by atomic mass is 14.7. The fourth-order valence-corrected chi connectivity index (χ4v) is 2.46. The average Bonchev–Trinajstić information content (AvgIpc) is 2.73. The van der Waals surface area contributed by atoms with Crippen LogP contribution in [0.25, 0.3) is 10.9 Å². The van der Waals surface area contributed by atoms with Gasteiger partial charge in [0.15, 0.2) is 0 Å². The van der Waals surface area contributed by atoms with Gasteiger partial charge in [-0.1, -0.05) is 26.3 Å². The van der Waals surface area contributed by atoms with Crippen LogP contribution in [0.2, 0.25) is 0 Å². The Balaban J connectivity index is 2.36. The van der Waals surface area contributed by atoms with Crippen LogP contribution in [-0.4, -0.2) is 11.5 Å². The van der Waals surface area contributed by atoms with Gasteiger partial charge in [-0.05, 0) is 48.6 Å². The normalized spacial score (nSPS) is 13.1. The van der Waals surface area contributed by atoms with Gasteiger partial charge < -0.3 is 10.7 Å². The molecule has 0 aliphatic rings. The first-order chi connectivity index (χ1) is 8.26. The molecule has 0 aliphatic heterocycles. The Morgan fingerprint density at radius 2 is 2.18 bits per heavy atom. The molecule has 0 radical (unpaired) electrons. The molecule has 0 saturated heterocycles. The van der Waals surface area contributed by atoms with Gasteiger partial charge in [0.1, 0.15) is 0 Å². The predicted octanol–water partition coefficient (Wildman–Crippen LogP) is 3.57. The Labute approximate surface area is 103 Å². The van der Waals surface area contributed by atoms with E-state index in [0.717, 1.165) is 6.42 Å². The van der Waals surface area contributed by atoms with Crippen molar-refractivity contribution in [3.05, 3.63) is 35.5 Å². The van der Waals surface area contributed by atoms with Gasteiger partial charge in [-0.25, -0.2) is 0 Å². The zero-order chi connectivity index (χ0) is 12.3. The minimum absolute atomic E-state index is 0.644. The first kappa shape index (κ1) is 12.2. The molecule has 1 aromatic carbocycles. The van der Waals surface area contributed by atoms with Gasteiger partial charge in [0, 0.05) is 17.1 Å². The summed E-state index contributed by atoms with van der Waals surface area (Å²) in [5.41, 5.74) is 9.65.